The van der Waals surface area contributed by atoms with Gasteiger partial charge in [-0.25, -0.2) is 4.79 Å². The minimum atomic E-state index is -0.302. The molecule has 0 radical (unpaired) electrons. The lowest BCUT2D eigenvalue weighted by Crippen LogP contribution is -2.00. The van der Waals surface area contributed by atoms with Crippen LogP contribution in [-0.4, -0.2) is 7.11 Å². The number of hydrogen-bond donors (Lipinski definition) is 0. The van der Waals surface area contributed by atoms with E-state index in [9.17, 15) is 4.79 Å². The topological polar surface area (TPSA) is 39.4 Å². The number of fused-ring (bicyclic) bond motifs is 1. The SMILES string of the molecule is COc1ccc(SCc2cc(=O)oc3cc(C)ccc23)cc1. The quantitative estimate of drug-likeness (QED) is 0.529. The largest absolute Gasteiger partial charge is 0.497 e. The van der Waals surface area contributed by atoms with Crippen LogP contribution in [0.5, 0.6) is 5.75 Å². The highest BCUT2D eigenvalue weighted by atomic mass is 32.2. The van der Waals surface area contributed by atoms with Gasteiger partial charge in [-0.2, -0.15) is 0 Å². The number of benzene rings is 2. The molecule has 0 aliphatic rings. The number of aryl methyl sites for hydroxylation is 1. The van der Waals surface area contributed by atoms with Crippen molar-refractivity contribution < 1.29 is 9.15 Å². The Labute approximate surface area is 132 Å². The molecule has 1 aromatic heterocycles. The normalized spacial score (nSPS) is 10.8. The van der Waals surface area contributed by atoms with Gasteiger partial charge in [0.15, 0.2) is 0 Å². The Kier molecular flexibility index (Phi) is 4.20. The van der Waals surface area contributed by atoms with Crippen LogP contribution in [0, 0.1) is 6.92 Å². The molecule has 0 bridgehead atoms. The first-order valence-electron chi connectivity index (χ1n) is 6.96. The monoisotopic (exact) mass is 312 g/mol. The van der Waals surface area contributed by atoms with Crippen LogP contribution in [-0.2, 0) is 5.75 Å². The van der Waals surface area contributed by atoms with E-state index in [1.165, 1.54) is 0 Å². The summed E-state index contributed by atoms with van der Waals surface area (Å²) in [6.45, 7) is 1.98. The van der Waals surface area contributed by atoms with Crippen molar-refractivity contribution in [2.45, 2.75) is 17.6 Å². The molecule has 4 heteroatoms. The van der Waals surface area contributed by atoms with Gasteiger partial charge in [-0.3, -0.25) is 0 Å². The maximum atomic E-state index is 11.7. The Balaban J connectivity index is 1.88. The van der Waals surface area contributed by atoms with Crippen LogP contribution in [0.4, 0.5) is 0 Å². The molecule has 0 saturated carbocycles. The van der Waals surface area contributed by atoms with Crippen LogP contribution in [0.2, 0.25) is 0 Å². The van der Waals surface area contributed by atoms with Crippen LogP contribution >= 0.6 is 11.8 Å². The molecule has 22 heavy (non-hydrogen) atoms. The van der Waals surface area contributed by atoms with E-state index in [1.807, 2.05) is 49.4 Å². The standard InChI is InChI=1S/C18H16O3S/c1-12-3-8-16-13(10-18(19)21-17(16)9-12)11-22-15-6-4-14(20-2)5-7-15/h3-10H,11H2,1-2H3. The second-order valence-electron chi connectivity index (χ2n) is 5.05. The number of thioether (sulfide) groups is 1. The second-order valence-corrected chi connectivity index (χ2v) is 6.10. The molecule has 0 amide bonds. The maximum Gasteiger partial charge on any atom is 0.336 e. The molecule has 3 nitrogen and oxygen atoms in total. The fraction of sp³-hybridized carbons (Fsp3) is 0.167. The molecular formula is C18H16O3S. The Morgan fingerprint density at radius 2 is 1.86 bits per heavy atom. The fourth-order valence-electron chi connectivity index (χ4n) is 2.29. The van der Waals surface area contributed by atoms with E-state index < -0.39 is 0 Å². The summed E-state index contributed by atoms with van der Waals surface area (Å²) < 4.78 is 10.4. The van der Waals surface area contributed by atoms with Gasteiger partial charge in [0.05, 0.1) is 7.11 Å². The van der Waals surface area contributed by atoms with E-state index in [0.717, 1.165) is 32.9 Å². The summed E-state index contributed by atoms with van der Waals surface area (Å²) in [5, 5.41) is 0.992. The molecule has 1 heterocycles. The Morgan fingerprint density at radius 1 is 1.09 bits per heavy atom. The van der Waals surface area contributed by atoms with Crippen molar-refractivity contribution >= 4 is 22.7 Å². The third-order valence-corrected chi connectivity index (χ3v) is 4.50. The van der Waals surface area contributed by atoms with Crippen molar-refractivity contribution in [3.8, 4) is 5.75 Å². The van der Waals surface area contributed by atoms with E-state index in [2.05, 4.69) is 0 Å². The first-order chi connectivity index (χ1) is 10.7. The minimum Gasteiger partial charge on any atom is -0.497 e. The van der Waals surface area contributed by atoms with Crippen molar-refractivity contribution in [1.82, 2.24) is 0 Å². The first-order valence-corrected chi connectivity index (χ1v) is 7.94. The minimum absolute atomic E-state index is 0.302. The van der Waals surface area contributed by atoms with Gasteiger partial charge >= 0.3 is 5.63 Å². The van der Waals surface area contributed by atoms with Crippen LogP contribution in [0.3, 0.4) is 0 Å². The lowest BCUT2D eigenvalue weighted by Gasteiger charge is -2.07. The molecular weight excluding hydrogens is 296 g/mol. The number of ether oxygens (including phenoxy) is 1. The summed E-state index contributed by atoms with van der Waals surface area (Å²) in [7, 11) is 1.65. The molecule has 0 N–H and O–H groups in total. The Hall–Kier alpha value is -2.20. The van der Waals surface area contributed by atoms with E-state index in [4.69, 9.17) is 9.15 Å². The molecule has 0 aliphatic carbocycles. The molecule has 0 saturated heterocycles. The number of methoxy groups -OCH3 is 1. The molecule has 0 unspecified atom stereocenters. The highest BCUT2D eigenvalue weighted by Crippen LogP contribution is 2.28. The molecule has 0 atom stereocenters. The van der Waals surface area contributed by atoms with Crippen molar-refractivity contribution in [2.75, 3.05) is 7.11 Å². The highest BCUT2D eigenvalue weighted by Gasteiger charge is 2.06. The van der Waals surface area contributed by atoms with Gasteiger partial charge in [-0.05, 0) is 48.4 Å². The predicted molar refractivity (Wildman–Crippen MR) is 89.8 cm³/mol. The molecule has 0 fully saturated rings. The van der Waals surface area contributed by atoms with Crippen molar-refractivity contribution in [3.63, 3.8) is 0 Å². The van der Waals surface area contributed by atoms with E-state index >= 15 is 0 Å². The third-order valence-electron chi connectivity index (χ3n) is 3.44. The molecule has 3 rings (SSSR count). The summed E-state index contributed by atoms with van der Waals surface area (Å²) in [5.41, 5.74) is 2.42. The number of hydrogen-bond acceptors (Lipinski definition) is 4. The van der Waals surface area contributed by atoms with Gasteiger partial charge in [-0.1, -0.05) is 12.1 Å². The van der Waals surface area contributed by atoms with Gasteiger partial charge < -0.3 is 9.15 Å². The van der Waals surface area contributed by atoms with Crippen molar-refractivity contribution in [1.29, 1.82) is 0 Å². The van der Waals surface area contributed by atoms with Gasteiger partial charge in [0.2, 0.25) is 0 Å². The van der Waals surface area contributed by atoms with E-state index in [0.29, 0.717) is 5.58 Å². The summed E-state index contributed by atoms with van der Waals surface area (Å²) in [4.78, 5) is 12.9. The van der Waals surface area contributed by atoms with Gasteiger partial charge in [0.1, 0.15) is 11.3 Å². The summed E-state index contributed by atoms with van der Waals surface area (Å²) in [6.07, 6.45) is 0. The van der Waals surface area contributed by atoms with Crippen LogP contribution in [0.25, 0.3) is 11.0 Å². The van der Waals surface area contributed by atoms with E-state index in [-0.39, 0.29) is 5.63 Å². The van der Waals surface area contributed by atoms with Crippen LogP contribution < -0.4 is 10.4 Å². The predicted octanol–water partition coefficient (Wildman–Crippen LogP) is 4.40. The maximum absolute atomic E-state index is 11.7. The van der Waals surface area contributed by atoms with Gasteiger partial charge in [0.25, 0.3) is 0 Å². The van der Waals surface area contributed by atoms with Gasteiger partial charge in [0, 0.05) is 22.1 Å². The van der Waals surface area contributed by atoms with Crippen molar-refractivity contribution in [2.24, 2.45) is 0 Å². The highest BCUT2D eigenvalue weighted by molar-refractivity contribution is 7.98. The fourth-order valence-corrected chi connectivity index (χ4v) is 3.18. The summed E-state index contributed by atoms with van der Waals surface area (Å²) >= 11 is 1.68. The lowest BCUT2D eigenvalue weighted by molar-refractivity contribution is 0.414. The zero-order valence-electron chi connectivity index (χ0n) is 12.5. The molecule has 112 valence electrons. The Bertz CT molecular complexity index is 850. The first kappa shape index (κ1) is 14.7. The van der Waals surface area contributed by atoms with Gasteiger partial charge in [-0.15, -0.1) is 11.8 Å². The van der Waals surface area contributed by atoms with Crippen LogP contribution in [0.15, 0.2) is 62.6 Å². The van der Waals surface area contributed by atoms with Crippen molar-refractivity contribution in [3.05, 3.63) is 70.1 Å². The average Bonchev–Trinajstić information content (AvgIpc) is 2.52. The molecule has 0 aliphatic heterocycles. The summed E-state index contributed by atoms with van der Waals surface area (Å²) in [6, 6.07) is 15.4. The molecule has 3 aromatic rings. The molecule has 0 spiro atoms. The molecule has 2 aromatic carbocycles. The smallest absolute Gasteiger partial charge is 0.336 e. The zero-order valence-corrected chi connectivity index (χ0v) is 13.3. The lowest BCUT2D eigenvalue weighted by atomic mass is 10.1. The Morgan fingerprint density at radius 3 is 2.59 bits per heavy atom. The zero-order chi connectivity index (χ0) is 15.5. The third kappa shape index (κ3) is 3.17. The summed E-state index contributed by atoms with van der Waals surface area (Å²) in [5.74, 6) is 1.56. The van der Waals surface area contributed by atoms with Crippen LogP contribution in [0.1, 0.15) is 11.1 Å². The van der Waals surface area contributed by atoms with E-state index in [1.54, 1.807) is 24.9 Å². The number of rotatable bonds is 4. The average molecular weight is 312 g/mol. The second kappa shape index (κ2) is 6.28.